The molecule has 0 unspecified atom stereocenters. The summed E-state index contributed by atoms with van der Waals surface area (Å²) in [6.07, 6.45) is 0. The Bertz CT molecular complexity index is 515. The molecule has 5 heteroatoms. The molecule has 0 saturated heterocycles. The largest absolute Gasteiger partial charge is 0.438 e. The molecule has 0 bridgehead atoms. The molecule has 0 aliphatic carbocycles. The lowest BCUT2D eigenvalue weighted by Gasteiger charge is -2.21. The Balaban J connectivity index is 2.35. The third-order valence-corrected chi connectivity index (χ3v) is 2.64. The van der Waals surface area contributed by atoms with Crippen LogP contribution in [0.25, 0.3) is 11.1 Å². The van der Waals surface area contributed by atoms with E-state index in [4.69, 9.17) is 16.0 Å². The third kappa shape index (κ3) is 2.42. The summed E-state index contributed by atoms with van der Waals surface area (Å²) >= 11 is 5.46. The number of rotatable bonds is 3. The van der Waals surface area contributed by atoms with Gasteiger partial charge in [-0.05, 0) is 26.0 Å². The second kappa shape index (κ2) is 4.37. The van der Waals surface area contributed by atoms with Crippen LogP contribution >= 0.6 is 11.6 Å². The number of aromatic nitrogens is 1. The number of nitrogens with zero attached hydrogens (tertiary/aromatic N) is 1. The van der Waals surface area contributed by atoms with E-state index in [-0.39, 0.29) is 11.8 Å². The van der Waals surface area contributed by atoms with Gasteiger partial charge >= 0.3 is 0 Å². The number of carbonyl (C=O) groups excluding carboxylic acids is 1. The number of nitrogens with one attached hydrogen (secondary N) is 1. The van der Waals surface area contributed by atoms with Crippen molar-refractivity contribution in [3.63, 3.8) is 0 Å². The maximum Gasteiger partial charge on any atom is 0.235 e. The molecule has 0 atom stereocenters. The molecule has 1 heterocycles. The molecule has 2 aromatic rings. The van der Waals surface area contributed by atoms with E-state index in [1.54, 1.807) is 0 Å². The Kier molecular flexibility index (Phi) is 3.07. The zero-order chi connectivity index (χ0) is 12.5. The van der Waals surface area contributed by atoms with Crippen LogP contribution in [0.3, 0.4) is 0 Å². The van der Waals surface area contributed by atoms with E-state index in [1.807, 2.05) is 38.1 Å². The molecule has 0 fully saturated rings. The van der Waals surface area contributed by atoms with Gasteiger partial charge in [0.25, 0.3) is 0 Å². The van der Waals surface area contributed by atoms with Crippen molar-refractivity contribution in [3.05, 3.63) is 30.2 Å². The lowest BCUT2D eigenvalue weighted by atomic mass is 10.1. The van der Waals surface area contributed by atoms with Gasteiger partial charge in [-0.1, -0.05) is 12.1 Å². The molecule has 0 spiro atoms. The fraction of sp³-hybridized carbons (Fsp3) is 0.333. The molecule has 0 saturated carbocycles. The molecule has 1 N–H and O–H groups in total. The van der Waals surface area contributed by atoms with Crippen LogP contribution in [0, 0.1) is 0 Å². The number of halogens is 1. The number of amides is 1. The molecular weight excluding hydrogens is 240 g/mol. The van der Waals surface area contributed by atoms with E-state index >= 15 is 0 Å². The van der Waals surface area contributed by atoms with E-state index in [1.165, 1.54) is 0 Å². The van der Waals surface area contributed by atoms with Crippen molar-refractivity contribution in [2.24, 2.45) is 0 Å². The van der Waals surface area contributed by atoms with Gasteiger partial charge in [0.05, 0.1) is 0 Å². The SMILES string of the molecule is CC(C)(NC(=O)CCl)c1nc2ccccc2o1. The number of oxazole rings is 1. The molecule has 0 radical (unpaired) electrons. The molecule has 1 amide bonds. The maximum atomic E-state index is 11.3. The number of hydrogen-bond acceptors (Lipinski definition) is 3. The van der Waals surface area contributed by atoms with Gasteiger partial charge in [0, 0.05) is 0 Å². The number of hydrogen-bond donors (Lipinski definition) is 1. The molecule has 1 aromatic carbocycles. The van der Waals surface area contributed by atoms with Crippen LogP contribution in [-0.2, 0) is 10.3 Å². The normalized spacial score (nSPS) is 11.7. The average Bonchev–Trinajstić information content (AvgIpc) is 2.72. The van der Waals surface area contributed by atoms with E-state index in [9.17, 15) is 4.79 Å². The summed E-state index contributed by atoms with van der Waals surface area (Å²) in [6, 6.07) is 7.47. The van der Waals surface area contributed by atoms with Crippen LogP contribution in [0.4, 0.5) is 0 Å². The quantitative estimate of drug-likeness (QED) is 0.854. The lowest BCUT2D eigenvalue weighted by Crippen LogP contribution is -2.41. The fourth-order valence-corrected chi connectivity index (χ4v) is 1.64. The second-order valence-electron chi connectivity index (χ2n) is 4.29. The number of alkyl halides is 1. The summed E-state index contributed by atoms with van der Waals surface area (Å²) < 4.78 is 5.61. The molecule has 0 aliphatic rings. The van der Waals surface area contributed by atoms with Crippen molar-refractivity contribution in [2.45, 2.75) is 19.4 Å². The van der Waals surface area contributed by atoms with Crippen LogP contribution in [0.15, 0.2) is 28.7 Å². The molecular formula is C12H13ClN2O2. The highest BCUT2D eigenvalue weighted by Gasteiger charge is 2.28. The summed E-state index contributed by atoms with van der Waals surface area (Å²) in [7, 11) is 0. The van der Waals surface area contributed by atoms with Gasteiger partial charge < -0.3 is 9.73 Å². The van der Waals surface area contributed by atoms with Crippen LogP contribution < -0.4 is 5.32 Å². The molecule has 1 aromatic heterocycles. The van der Waals surface area contributed by atoms with Crippen molar-refractivity contribution >= 4 is 28.6 Å². The van der Waals surface area contributed by atoms with Crippen LogP contribution in [0.2, 0.25) is 0 Å². The first kappa shape index (κ1) is 11.9. The molecule has 4 nitrogen and oxygen atoms in total. The van der Waals surface area contributed by atoms with Crippen molar-refractivity contribution < 1.29 is 9.21 Å². The number of benzene rings is 1. The molecule has 0 aliphatic heterocycles. The first-order valence-corrected chi connectivity index (χ1v) is 5.79. The van der Waals surface area contributed by atoms with E-state index < -0.39 is 5.54 Å². The van der Waals surface area contributed by atoms with Crippen LogP contribution in [0.5, 0.6) is 0 Å². The first-order chi connectivity index (χ1) is 8.03. The number of para-hydroxylation sites is 2. The van der Waals surface area contributed by atoms with Gasteiger partial charge in [-0.3, -0.25) is 4.79 Å². The van der Waals surface area contributed by atoms with Crippen molar-refractivity contribution in [3.8, 4) is 0 Å². The number of carbonyl (C=O) groups is 1. The Labute approximate surface area is 104 Å². The van der Waals surface area contributed by atoms with Crippen molar-refractivity contribution in [1.82, 2.24) is 10.3 Å². The van der Waals surface area contributed by atoms with Gasteiger partial charge in [0.15, 0.2) is 5.58 Å². The highest BCUT2D eigenvalue weighted by atomic mass is 35.5. The third-order valence-electron chi connectivity index (χ3n) is 2.40. The average molecular weight is 253 g/mol. The fourth-order valence-electron chi connectivity index (χ4n) is 1.57. The summed E-state index contributed by atoms with van der Waals surface area (Å²) in [6.45, 7) is 3.64. The second-order valence-corrected chi connectivity index (χ2v) is 4.56. The zero-order valence-electron chi connectivity index (χ0n) is 9.66. The Morgan fingerprint density at radius 1 is 1.47 bits per heavy atom. The van der Waals surface area contributed by atoms with E-state index in [0.717, 1.165) is 5.52 Å². The van der Waals surface area contributed by atoms with Crippen molar-refractivity contribution in [1.29, 1.82) is 0 Å². The highest BCUT2D eigenvalue weighted by molar-refractivity contribution is 6.27. The van der Waals surface area contributed by atoms with Gasteiger partial charge in [-0.25, -0.2) is 4.98 Å². The summed E-state index contributed by atoms with van der Waals surface area (Å²) in [4.78, 5) is 15.7. The Morgan fingerprint density at radius 3 is 2.82 bits per heavy atom. The number of fused-ring (bicyclic) bond motifs is 1. The highest BCUT2D eigenvalue weighted by Crippen LogP contribution is 2.24. The minimum atomic E-state index is -0.676. The van der Waals surface area contributed by atoms with Gasteiger partial charge in [0.1, 0.15) is 16.9 Å². The standard InChI is InChI=1S/C12H13ClN2O2/c1-12(2,15-10(16)7-13)11-14-8-5-3-4-6-9(8)17-11/h3-6H,7H2,1-2H3,(H,15,16). The van der Waals surface area contributed by atoms with E-state index in [2.05, 4.69) is 10.3 Å². The monoisotopic (exact) mass is 252 g/mol. The lowest BCUT2D eigenvalue weighted by molar-refractivity contribution is -0.120. The van der Waals surface area contributed by atoms with Crippen LogP contribution in [0.1, 0.15) is 19.7 Å². The van der Waals surface area contributed by atoms with Crippen molar-refractivity contribution in [2.75, 3.05) is 5.88 Å². The van der Waals surface area contributed by atoms with Gasteiger partial charge in [-0.15, -0.1) is 11.6 Å². The maximum absolute atomic E-state index is 11.3. The Morgan fingerprint density at radius 2 is 2.18 bits per heavy atom. The summed E-state index contributed by atoms with van der Waals surface area (Å²) in [5.74, 6) is 0.139. The van der Waals surface area contributed by atoms with Gasteiger partial charge in [0.2, 0.25) is 11.8 Å². The van der Waals surface area contributed by atoms with Gasteiger partial charge in [-0.2, -0.15) is 0 Å². The predicted molar refractivity (Wildman–Crippen MR) is 65.9 cm³/mol. The minimum absolute atomic E-state index is 0.0797. The topological polar surface area (TPSA) is 55.1 Å². The first-order valence-electron chi connectivity index (χ1n) is 5.26. The smallest absolute Gasteiger partial charge is 0.235 e. The Hall–Kier alpha value is -1.55. The molecule has 2 rings (SSSR count). The van der Waals surface area contributed by atoms with Crippen LogP contribution in [-0.4, -0.2) is 16.8 Å². The summed E-state index contributed by atoms with van der Waals surface area (Å²) in [5.41, 5.74) is 0.803. The molecule has 17 heavy (non-hydrogen) atoms. The zero-order valence-corrected chi connectivity index (χ0v) is 10.4. The predicted octanol–water partition coefficient (Wildman–Crippen LogP) is 2.42. The molecule has 90 valence electrons. The van der Waals surface area contributed by atoms with E-state index in [0.29, 0.717) is 11.5 Å². The summed E-state index contributed by atoms with van der Waals surface area (Å²) in [5, 5.41) is 2.76. The minimum Gasteiger partial charge on any atom is -0.438 e.